The molecule has 0 spiro atoms. The van der Waals surface area contributed by atoms with Crippen LogP contribution in [0.3, 0.4) is 0 Å². The number of carbonyl (C=O) groups excluding carboxylic acids is 2. The number of hydrogen-bond acceptors (Lipinski definition) is 7. The van der Waals surface area contributed by atoms with E-state index in [1.807, 2.05) is 30.3 Å². The standard InChI is InChI=1S/C21H19N5O4/c1-29-16-9-7-15(8-10-16)22-18(27)13-26-19(28)12-11-17(24-26)21-23-20(25-30-21)14-5-3-2-4-6-14/h2-10H,11-13H2,1H3,(H,22,27). The molecule has 9 nitrogen and oxygen atoms in total. The number of methoxy groups -OCH3 is 1. The number of ether oxygens (including phenoxy) is 1. The molecule has 9 heteroatoms. The third-order valence-electron chi connectivity index (χ3n) is 4.48. The van der Waals surface area contributed by atoms with Gasteiger partial charge < -0.3 is 14.6 Å². The van der Waals surface area contributed by atoms with E-state index >= 15 is 0 Å². The number of hydrogen-bond donors (Lipinski definition) is 1. The van der Waals surface area contributed by atoms with Gasteiger partial charge in [-0.05, 0) is 24.3 Å². The van der Waals surface area contributed by atoms with E-state index in [4.69, 9.17) is 9.26 Å². The van der Waals surface area contributed by atoms with Gasteiger partial charge in [0.25, 0.3) is 5.89 Å². The van der Waals surface area contributed by atoms with Gasteiger partial charge in [-0.2, -0.15) is 10.1 Å². The second kappa shape index (κ2) is 8.56. The average Bonchev–Trinajstić information content (AvgIpc) is 3.27. The molecular weight excluding hydrogens is 386 g/mol. The molecule has 1 aromatic heterocycles. The Bertz CT molecular complexity index is 1080. The van der Waals surface area contributed by atoms with E-state index in [1.165, 1.54) is 0 Å². The van der Waals surface area contributed by atoms with Crippen molar-refractivity contribution in [2.24, 2.45) is 5.10 Å². The molecule has 1 aliphatic rings. The lowest BCUT2D eigenvalue weighted by molar-refractivity contribution is -0.135. The summed E-state index contributed by atoms with van der Waals surface area (Å²) in [5.41, 5.74) is 1.89. The summed E-state index contributed by atoms with van der Waals surface area (Å²) in [7, 11) is 1.57. The van der Waals surface area contributed by atoms with E-state index in [1.54, 1.807) is 31.4 Å². The molecule has 2 amide bonds. The van der Waals surface area contributed by atoms with Crippen LogP contribution < -0.4 is 10.1 Å². The molecule has 0 atom stereocenters. The Hall–Kier alpha value is -4.01. The first-order valence-corrected chi connectivity index (χ1v) is 9.33. The fourth-order valence-corrected chi connectivity index (χ4v) is 2.94. The van der Waals surface area contributed by atoms with E-state index in [0.29, 0.717) is 29.4 Å². The number of hydrazone groups is 1. The van der Waals surface area contributed by atoms with Crippen molar-refractivity contribution in [1.29, 1.82) is 0 Å². The van der Waals surface area contributed by atoms with Crippen molar-refractivity contribution < 1.29 is 18.8 Å². The molecule has 3 aromatic rings. The molecule has 2 aromatic carbocycles. The lowest BCUT2D eigenvalue weighted by Gasteiger charge is -2.21. The summed E-state index contributed by atoms with van der Waals surface area (Å²) < 4.78 is 10.4. The van der Waals surface area contributed by atoms with Crippen molar-refractivity contribution in [2.45, 2.75) is 12.8 Å². The predicted octanol–water partition coefficient (Wildman–Crippen LogP) is 2.71. The molecule has 30 heavy (non-hydrogen) atoms. The SMILES string of the molecule is COc1ccc(NC(=O)CN2N=C(c3nc(-c4ccccc4)no3)CCC2=O)cc1. The molecular formula is C21H19N5O4. The number of nitrogens with one attached hydrogen (secondary N) is 1. The molecule has 0 aliphatic carbocycles. The predicted molar refractivity (Wildman–Crippen MR) is 109 cm³/mol. The maximum absolute atomic E-state index is 12.4. The molecule has 152 valence electrons. The molecule has 1 N–H and O–H groups in total. The molecule has 2 heterocycles. The van der Waals surface area contributed by atoms with Gasteiger partial charge in [-0.3, -0.25) is 9.59 Å². The van der Waals surface area contributed by atoms with E-state index in [0.717, 1.165) is 10.6 Å². The maximum Gasteiger partial charge on any atom is 0.274 e. The van der Waals surface area contributed by atoms with Gasteiger partial charge in [0, 0.05) is 24.1 Å². The average molecular weight is 405 g/mol. The highest BCUT2D eigenvalue weighted by atomic mass is 16.5. The Morgan fingerprint density at radius 2 is 1.90 bits per heavy atom. The Morgan fingerprint density at radius 3 is 2.63 bits per heavy atom. The summed E-state index contributed by atoms with van der Waals surface area (Å²) in [6, 6.07) is 16.3. The van der Waals surface area contributed by atoms with Gasteiger partial charge >= 0.3 is 0 Å². The van der Waals surface area contributed by atoms with Crippen LogP contribution in [0.15, 0.2) is 64.2 Å². The molecule has 0 bridgehead atoms. The van der Waals surface area contributed by atoms with E-state index in [-0.39, 0.29) is 30.7 Å². The molecule has 0 radical (unpaired) electrons. The Morgan fingerprint density at radius 1 is 1.13 bits per heavy atom. The summed E-state index contributed by atoms with van der Waals surface area (Å²) in [5.74, 6) is 0.749. The number of amides is 2. The zero-order valence-electron chi connectivity index (χ0n) is 16.2. The van der Waals surface area contributed by atoms with Crippen LogP contribution in [0.4, 0.5) is 5.69 Å². The number of anilines is 1. The van der Waals surface area contributed by atoms with Crippen molar-refractivity contribution in [3.05, 3.63) is 60.5 Å². The highest BCUT2D eigenvalue weighted by molar-refractivity contribution is 6.02. The Kier molecular flexibility index (Phi) is 5.51. The first kappa shape index (κ1) is 19.3. The summed E-state index contributed by atoms with van der Waals surface area (Å²) >= 11 is 0. The number of rotatable bonds is 6. The molecule has 0 saturated carbocycles. The van der Waals surface area contributed by atoms with Crippen LogP contribution in [-0.2, 0) is 9.59 Å². The number of benzene rings is 2. The summed E-state index contributed by atoms with van der Waals surface area (Å²) in [6.45, 7) is -0.214. The van der Waals surface area contributed by atoms with Crippen molar-refractivity contribution in [3.63, 3.8) is 0 Å². The lowest BCUT2D eigenvalue weighted by Crippen LogP contribution is -2.38. The molecule has 4 rings (SSSR count). The van der Waals surface area contributed by atoms with E-state index < -0.39 is 0 Å². The van der Waals surface area contributed by atoms with Crippen LogP contribution in [0.25, 0.3) is 11.4 Å². The molecule has 0 saturated heterocycles. The normalized spacial score (nSPS) is 13.7. The number of nitrogens with zero attached hydrogens (tertiary/aromatic N) is 4. The van der Waals surface area contributed by atoms with Gasteiger partial charge in [-0.25, -0.2) is 5.01 Å². The minimum Gasteiger partial charge on any atom is -0.497 e. The maximum atomic E-state index is 12.4. The van der Waals surface area contributed by atoms with Gasteiger partial charge in [0.15, 0.2) is 0 Å². The topological polar surface area (TPSA) is 110 Å². The van der Waals surface area contributed by atoms with Gasteiger partial charge in [0.2, 0.25) is 17.6 Å². The quantitative estimate of drug-likeness (QED) is 0.675. The smallest absolute Gasteiger partial charge is 0.274 e. The van der Waals surface area contributed by atoms with Crippen LogP contribution in [0, 0.1) is 0 Å². The van der Waals surface area contributed by atoms with Crippen molar-refractivity contribution in [2.75, 3.05) is 19.0 Å². The van der Waals surface area contributed by atoms with Gasteiger partial charge in [0.1, 0.15) is 18.0 Å². The minimum atomic E-state index is -0.367. The number of carbonyl (C=O) groups is 2. The largest absolute Gasteiger partial charge is 0.497 e. The lowest BCUT2D eigenvalue weighted by atomic mass is 10.1. The fraction of sp³-hybridized carbons (Fsp3) is 0.190. The minimum absolute atomic E-state index is 0.206. The highest BCUT2D eigenvalue weighted by Gasteiger charge is 2.26. The number of aromatic nitrogens is 2. The van der Waals surface area contributed by atoms with E-state index in [2.05, 4.69) is 20.6 Å². The van der Waals surface area contributed by atoms with Crippen LogP contribution in [0.5, 0.6) is 5.75 Å². The highest BCUT2D eigenvalue weighted by Crippen LogP contribution is 2.19. The Balaban J connectivity index is 1.45. The van der Waals surface area contributed by atoms with Crippen molar-refractivity contribution in [1.82, 2.24) is 15.1 Å². The Labute approximate surface area is 172 Å². The van der Waals surface area contributed by atoms with Crippen LogP contribution in [0.2, 0.25) is 0 Å². The van der Waals surface area contributed by atoms with Crippen LogP contribution in [-0.4, -0.2) is 46.3 Å². The first-order valence-electron chi connectivity index (χ1n) is 9.33. The fourth-order valence-electron chi connectivity index (χ4n) is 2.94. The first-order chi connectivity index (χ1) is 14.6. The molecule has 1 aliphatic heterocycles. The summed E-state index contributed by atoms with van der Waals surface area (Å²) in [5, 5.41) is 12.1. The zero-order valence-corrected chi connectivity index (χ0v) is 16.2. The van der Waals surface area contributed by atoms with Crippen LogP contribution in [0.1, 0.15) is 18.7 Å². The van der Waals surface area contributed by atoms with Gasteiger partial charge in [-0.1, -0.05) is 35.5 Å². The second-order valence-corrected chi connectivity index (χ2v) is 6.56. The van der Waals surface area contributed by atoms with Gasteiger partial charge in [-0.15, -0.1) is 0 Å². The zero-order chi connectivity index (χ0) is 20.9. The summed E-state index contributed by atoms with van der Waals surface area (Å²) in [6.07, 6.45) is 0.573. The van der Waals surface area contributed by atoms with Crippen molar-refractivity contribution >= 4 is 23.2 Å². The second-order valence-electron chi connectivity index (χ2n) is 6.56. The monoisotopic (exact) mass is 405 g/mol. The summed E-state index contributed by atoms with van der Waals surface area (Å²) in [4.78, 5) is 28.9. The third kappa shape index (κ3) is 4.35. The van der Waals surface area contributed by atoms with Crippen molar-refractivity contribution in [3.8, 4) is 17.1 Å². The van der Waals surface area contributed by atoms with E-state index in [9.17, 15) is 9.59 Å². The third-order valence-corrected chi connectivity index (χ3v) is 4.48. The van der Waals surface area contributed by atoms with Gasteiger partial charge in [0.05, 0.1) is 7.11 Å². The molecule has 0 fully saturated rings. The van der Waals surface area contributed by atoms with Crippen LogP contribution >= 0.6 is 0 Å². The molecule has 0 unspecified atom stereocenters.